The van der Waals surface area contributed by atoms with Gasteiger partial charge < -0.3 is 15.7 Å². The fourth-order valence-corrected chi connectivity index (χ4v) is 12.2. The molecule has 0 aliphatic carbocycles. The van der Waals surface area contributed by atoms with Gasteiger partial charge in [-0.3, -0.25) is 9.44 Å². The van der Waals surface area contributed by atoms with Crippen LogP contribution < -0.4 is 20.1 Å². The number of aromatic hydroxyl groups is 1. The molecule has 11 aromatic rings. The topological polar surface area (TPSA) is 137 Å². The van der Waals surface area contributed by atoms with Crippen LogP contribution in [0.25, 0.3) is 65.3 Å². The zero-order valence-corrected chi connectivity index (χ0v) is 42.6. The van der Waals surface area contributed by atoms with Crippen LogP contribution >= 0.6 is 0 Å². The summed E-state index contributed by atoms with van der Waals surface area (Å²) in [6.07, 6.45) is 0. The summed E-state index contributed by atoms with van der Waals surface area (Å²) in [6.45, 7) is 6.32. The zero-order valence-electron chi connectivity index (χ0n) is 40.9. The van der Waals surface area contributed by atoms with Gasteiger partial charge in [0.05, 0.1) is 21.2 Å². The van der Waals surface area contributed by atoms with E-state index >= 15 is 0 Å². The van der Waals surface area contributed by atoms with Crippen molar-refractivity contribution in [3.8, 4) is 28.0 Å². The summed E-state index contributed by atoms with van der Waals surface area (Å²) in [5.41, 5.74) is 9.63. The fraction of sp³-hybridized carbons (Fsp3) is 0.0794. The lowest BCUT2D eigenvalue weighted by Crippen LogP contribution is -2.14. The van der Waals surface area contributed by atoms with E-state index in [2.05, 4.69) is 20.1 Å². The summed E-state index contributed by atoms with van der Waals surface area (Å²) in [4.78, 5) is 0.324. The third-order valence-electron chi connectivity index (χ3n) is 13.7. The number of nitrogens with one attached hydrogen (secondary N) is 4. The lowest BCUT2D eigenvalue weighted by molar-refractivity contribution is 0.462. The molecule has 0 saturated heterocycles. The maximum Gasteiger partial charge on any atom is 0.261 e. The van der Waals surface area contributed by atoms with Crippen LogP contribution in [0, 0.1) is 20.8 Å². The Morgan fingerprint density at radius 3 is 0.986 bits per heavy atom. The third kappa shape index (κ3) is 9.23. The predicted molar refractivity (Wildman–Crippen MR) is 305 cm³/mol. The van der Waals surface area contributed by atoms with Crippen LogP contribution in [0.2, 0.25) is 0 Å². The lowest BCUT2D eigenvalue weighted by Gasteiger charge is -2.22. The minimum atomic E-state index is -3.99. The second-order valence-electron chi connectivity index (χ2n) is 18.8. The molecule has 11 heteroatoms. The Balaban J connectivity index is 0.966. The molecule has 0 bridgehead atoms. The minimum Gasteiger partial charge on any atom is -0.507 e. The highest BCUT2D eigenvalue weighted by molar-refractivity contribution is 7.93. The van der Waals surface area contributed by atoms with Gasteiger partial charge in [-0.05, 0) is 112 Å². The molecule has 11 rings (SSSR count). The smallest absolute Gasteiger partial charge is 0.261 e. The van der Waals surface area contributed by atoms with E-state index in [1.807, 2.05) is 178 Å². The summed E-state index contributed by atoms with van der Waals surface area (Å²) >= 11 is 0. The quantitative estimate of drug-likeness (QED) is 0.0732. The number of phenols is 1. The molecule has 74 heavy (non-hydrogen) atoms. The molecule has 366 valence electrons. The molecule has 0 amide bonds. The summed E-state index contributed by atoms with van der Waals surface area (Å²) in [6, 6.07) is 65.2. The van der Waals surface area contributed by atoms with Gasteiger partial charge in [-0.2, -0.15) is 0 Å². The van der Waals surface area contributed by atoms with Crippen molar-refractivity contribution in [3.63, 3.8) is 0 Å². The summed E-state index contributed by atoms with van der Waals surface area (Å²) in [5.74, 6) is 0.119. The van der Waals surface area contributed by atoms with Gasteiger partial charge in [-0.1, -0.05) is 174 Å². The Hall–Kier alpha value is -8.64. The number of rotatable bonds is 14. The molecule has 0 aliphatic rings. The predicted octanol–water partition coefficient (Wildman–Crippen LogP) is 15.1. The molecule has 11 aromatic carbocycles. The largest absolute Gasteiger partial charge is 0.507 e. The van der Waals surface area contributed by atoms with E-state index in [1.54, 1.807) is 48.5 Å². The van der Waals surface area contributed by atoms with E-state index in [0.717, 1.165) is 93.4 Å². The van der Waals surface area contributed by atoms with Crippen LogP contribution in [0.1, 0.15) is 27.8 Å². The van der Waals surface area contributed by atoms with Crippen LogP contribution in [0.4, 0.5) is 22.7 Å². The molecule has 0 aromatic heterocycles. The number of fused-ring (bicyclic) bond motifs is 4. The molecule has 5 N–H and O–H groups in total. The molecule has 0 saturated carbocycles. The van der Waals surface area contributed by atoms with Crippen molar-refractivity contribution in [1.29, 1.82) is 0 Å². The van der Waals surface area contributed by atoms with Crippen molar-refractivity contribution in [3.05, 3.63) is 234 Å². The lowest BCUT2D eigenvalue weighted by atomic mass is 9.91. The first-order valence-corrected chi connectivity index (χ1v) is 27.3. The van der Waals surface area contributed by atoms with E-state index in [-0.39, 0.29) is 28.6 Å². The van der Waals surface area contributed by atoms with Gasteiger partial charge in [-0.25, -0.2) is 16.8 Å². The normalized spacial score (nSPS) is 11.8. The highest BCUT2D eigenvalue weighted by atomic mass is 32.2. The molecule has 0 unspecified atom stereocenters. The summed E-state index contributed by atoms with van der Waals surface area (Å²) < 4.78 is 62.2. The first-order valence-electron chi connectivity index (χ1n) is 24.4. The number of anilines is 4. The number of sulfonamides is 2. The number of benzene rings is 11. The van der Waals surface area contributed by atoms with Crippen molar-refractivity contribution >= 4 is 85.9 Å². The number of aryl methyl sites for hydroxylation is 3. The third-order valence-corrected chi connectivity index (χ3v) is 16.5. The Bertz CT molecular complexity index is 3950. The number of hydrogen-bond donors (Lipinski definition) is 5. The van der Waals surface area contributed by atoms with Crippen LogP contribution in [0.15, 0.2) is 216 Å². The van der Waals surface area contributed by atoms with E-state index < -0.39 is 20.0 Å². The van der Waals surface area contributed by atoms with Crippen molar-refractivity contribution < 1.29 is 21.9 Å². The van der Waals surface area contributed by atoms with E-state index in [0.29, 0.717) is 22.5 Å². The highest BCUT2D eigenvalue weighted by Crippen LogP contribution is 2.46. The Morgan fingerprint density at radius 2 is 0.649 bits per heavy atom. The Morgan fingerprint density at radius 1 is 0.351 bits per heavy atom. The van der Waals surface area contributed by atoms with E-state index in [9.17, 15) is 21.9 Å². The standard InChI is InChI=1S/C63H52N4O5S2/c1-40-20-28-49(29-21-40)73(69,70)66-57-34-26-45-14-6-10-18-53(45)61(57)59-51-16-8-4-12-43(51)24-32-55(59)64-38-47-36-42(3)37-48(63(47)68)39-65-56-33-25-44-13-5-9-17-52(44)60(56)62-54-19-11-7-15-46(54)27-35-58(62)67-74(71,72)50-30-22-41(2)23-31-50/h4-37,64-68H,38-39H2,1-3H3. The van der Waals surface area contributed by atoms with Crippen molar-refractivity contribution in [2.45, 2.75) is 43.7 Å². The first kappa shape index (κ1) is 47.7. The van der Waals surface area contributed by atoms with Crippen LogP contribution in [0.5, 0.6) is 5.75 Å². The molecular weight excluding hydrogens is 957 g/mol. The van der Waals surface area contributed by atoms with Gasteiger partial charge in [0.25, 0.3) is 20.0 Å². The summed E-state index contributed by atoms with van der Waals surface area (Å²) in [5, 5.41) is 27.0. The van der Waals surface area contributed by atoms with Gasteiger partial charge in [0.15, 0.2) is 0 Å². The number of phenolic OH excluding ortho intramolecular Hbond substituents is 1. The molecule has 0 fully saturated rings. The van der Waals surface area contributed by atoms with Crippen molar-refractivity contribution in [2.24, 2.45) is 0 Å². The van der Waals surface area contributed by atoms with Gasteiger partial charge in [0.2, 0.25) is 0 Å². The highest BCUT2D eigenvalue weighted by Gasteiger charge is 2.24. The molecular formula is C63H52N4O5S2. The molecule has 0 aliphatic heterocycles. The average Bonchev–Trinajstić information content (AvgIpc) is 3.41. The number of hydrogen-bond acceptors (Lipinski definition) is 7. The van der Waals surface area contributed by atoms with Crippen molar-refractivity contribution in [1.82, 2.24) is 0 Å². The Labute approximate surface area is 431 Å². The SMILES string of the molecule is Cc1ccc(S(=O)(=O)Nc2ccc3ccccc3c2-c2c(NCc3cc(C)cc(CNc4ccc5ccccc5c4-c4c(NS(=O)(=O)c5ccc(C)cc5)ccc5ccccc45)c3O)ccc3ccccc23)cc1. The molecule has 0 atom stereocenters. The fourth-order valence-electron chi connectivity index (χ4n) is 10.1. The second kappa shape index (κ2) is 19.4. The van der Waals surface area contributed by atoms with Crippen LogP contribution in [0.3, 0.4) is 0 Å². The van der Waals surface area contributed by atoms with Gasteiger partial charge in [0.1, 0.15) is 5.75 Å². The monoisotopic (exact) mass is 1010 g/mol. The average molecular weight is 1010 g/mol. The van der Waals surface area contributed by atoms with E-state index in [1.165, 1.54) is 0 Å². The molecule has 0 heterocycles. The van der Waals surface area contributed by atoms with E-state index in [4.69, 9.17) is 0 Å². The van der Waals surface area contributed by atoms with Crippen LogP contribution in [-0.4, -0.2) is 21.9 Å². The van der Waals surface area contributed by atoms with Crippen LogP contribution in [-0.2, 0) is 33.1 Å². The van der Waals surface area contributed by atoms with Gasteiger partial charge in [0, 0.05) is 57.8 Å². The second-order valence-corrected chi connectivity index (χ2v) is 22.2. The first-order chi connectivity index (χ1) is 35.8. The zero-order chi connectivity index (χ0) is 51.1. The summed E-state index contributed by atoms with van der Waals surface area (Å²) in [7, 11) is -7.98. The van der Waals surface area contributed by atoms with Gasteiger partial charge in [-0.15, -0.1) is 0 Å². The molecule has 0 radical (unpaired) electrons. The van der Waals surface area contributed by atoms with Gasteiger partial charge >= 0.3 is 0 Å². The van der Waals surface area contributed by atoms with Crippen molar-refractivity contribution in [2.75, 3.05) is 20.1 Å². The molecule has 9 nitrogen and oxygen atoms in total. The maximum absolute atomic E-state index is 14.1. The molecule has 0 spiro atoms. The minimum absolute atomic E-state index is 0.119. The Kier molecular flexibility index (Phi) is 12.5. The maximum atomic E-state index is 14.1.